The second-order valence-corrected chi connectivity index (χ2v) is 7.87. The first-order valence-corrected chi connectivity index (χ1v) is 9.63. The zero-order chi connectivity index (χ0) is 18.7. The van der Waals surface area contributed by atoms with Crippen molar-refractivity contribution in [3.63, 3.8) is 0 Å². The Bertz CT molecular complexity index is 918. The van der Waals surface area contributed by atoms with Crippen molar-refractivity contribution < 1.29 is 4.79 Å². The van der Waals surface area contributed by atoms with Crippen LogP contribution in [0.1, 0.15) is 28.0 Å². The lowest BCUT2D eigenvalue weighted by Gasteiger charge is -2.13. The summed E-state index contributed by atoms with van der Waals surface area (Å²) in [7, 11) is 0. The van der Waals surface area contributed by atoms with E-state index in [1.165, 1.54) is 11.3 Å². The molecule has 3 aromatic rings. The Kier molecular flexibility index (Phi) is 5.74. The van der Waals surface area contributed by atoms with Gasteiger partial charge in [-0.1, -0.05) is 36.7 Å². The van der Waals surface area contributed by atoms with E-state index >= 15 is 0 Å². The fourth-order valence-corrected chi connectivity index (χ4v) is 3.87. The molecular weight excluding hydrogens is 368 g/mol. The summed E-state index contributed by atoms with van der Waals surface area (Å²) in [5.74, 6) is 0.161. The summed E-state index contributed by atoms with van der Waals surface area (Å²) in [4.78, 5) is 17.3. The predicted molar refractivity (Wildman–Crippen MR) is 106 cm³/mol. The lowest BCUT2D eigenvalue weighted by atomic mass is 10.2. The summed E-state index contributed by atoms with van der Waals surface area (Å²) >= 11 is 7.54. The smallest absolute Gasteiger partial charge is 0.263 e. The van der Waals surface area contributed by atoms with Gasteiger partial charge in [-0.05, 0) is 31.9 Å². The highest BCUT2D eigenvalue weighted by molar-refractivity contribution is 7.17. The van der Waals surface area contributed by atoms with Crippen molar-refractivity contribution in [2.75, 3.05) is 6.54 Å². The molecule has 2 heterocycles. The zero-order valence-corrected chi connectivity index (χ0v) is 16.6. The van der Waals surface area contributed by atoms with Gasteiger partial charge in [0.05, 0.1) is 16.9 Å². The van der Waals surface area contributed by atoms with E-state index in [-0.39, 0.29) is 11.8 Å². The molecule has 0 bridgehead atoms. The highest BCUT2D eigenvalue weighted by atomic mass is 35.5. The molecule has 1 amide bonds. The molecule has 0 fully saturated rings. The van der Waals surface area contributed by atoms with E-state index in [4.69, 9.17) is 11.6 Å². The molecular formula is C19H21ClN4OS. The minimum Gasteiger partial charge on any atom is -0.351 e. The molecule has 0 aliphatic heterocycles. The van der Waals surface area contributed by atoms with Crippen molar-refractivity contribution in [3.8, 4) is 10.6 Å². The molecule has 1 N–H and O–H groups in total. The van der Waals surface area contributed by atoms with Gasteiger partial charge in [0, 0.05) is 24.3 Å². The molecule has 0 aliphatic rings. The first-order valence-electron chi connectivity index (χ1n) is 8.44. The van der Waals surface area contributed by atoms with Gasteiger partial charge in [-0.2, -0.15) is 5.10 Å². The van der Waals surface area contributed by atoms with Crippen molar-refractivity contribution in [2.24, 2.45) is 5.92 Å². The van der Waals surface area contributed by atoms with Gasteiger partial charge in [0.15, 0.2) is 0 Å². The number of nitrogens with one attached hydrogen (secondary N) is 1. The van der Waals surface area contributed by atoms with Crippen LogP contribution in [0.25, 0.3) is 10.6 Å². The minimum atomic E-state index is -0.110. The van der Waals surface area contributed by atoms with E-state index in [1.54, 1.807) is 6.20 Å². The minimum absolute atomic E-state index is 0.110. The van der Waals surface area contributed by atoms with Gasteiger partial charge in [0.1, 0.15) is 9.88 Å². The summed E-state index contributed by atoms with van der Waals surface area (Å²) in [5, 5.41) is 8.82. The van der Waals surface area contributed by atoms with Crippen LogP contribution >= 0.6 is 22.9 Å². The number of aromatic nitrogens is 3. The van der Waals surface area contributed by atoms with E-state index < -0.39 is 0 Å². The number of hydrogen-bond acceptors (Lipinski definition) is 4. The van der Waals surface area contributed by atoms with E-state index in [1.807, 2.05) is 42.8 Å². The molecule has 0 saturated carbocycles. The van der Waals surface area contributed by atoms with E-state index in [9.17, 15) is 4.79 Å². The zero-order valence-electron chi connectivity index (χ0n) is 15.0. The third-order valence-corrected chi connectivity index (χ3v) is 5.39. The Balaban J connectivity index is 1.59. The third kappa shape index (κ3) is 4.31. The molecule has 2 aromatic heterocycles. The Labute approximate surface area is 162 Å². The molecule has 0 aliphatic carbocycles. The Hall–Kier alpha value is -2.18. The van der Waals surface area contributed by atoms with Crippen LogP contribution in [0.4, 0.5) is 0 Å². The number of hydrogen-bond donors (Lipinski definition) is 1. The quantitative estimate of drug-likeness (QED) is 0.683. The Morgan fingerprint density at radius 1 is 1.35 bits per heavy atom. The number of aryl methyl sites for hydroxylation is 2. The van der Waals surface area contributed by atoms with E-state index in [0.717, 1.165) is 28.5 Å². The summed E-state index contributed by atoms with van der Waals surface area (Å²) in [6.07, 6.45) is 1.60. The van der Waals surface area contributed by atoms with E-state index in [0.29, 0.717) is 16.4 Å². The first kappa shape index (κ1) is 18.6. The molecule has 3 rings (SSSR count). The number of halogens is 1. The summed E-state index contributed by atoms with van der Waals surface area (Å²) < 4.78 is 1.98. The van der Waals surface area contributed by atoms with Gasteiger partial charge < -0.3 is 5.32 Å². The van der Waals surface area contributed by atoms with Crippen LogP contribution in [-0.4, -0.2) is 27.2 Å². The lowest BCUT2D eigenvalue weighted by Crippen LogP contribution is -2.29. The molecule has 136 valence electrons. The molecule has 26 heavy (non-hydrogen) atoms. The van der Waals surface area contributed by atoms with Gasteiger partial charge in [0.2, 0.25) is 0 Å². The monoisotopic (exact) mass is 388 g/mol. The second-order valence-electron chi connectivity index (χ2n) is 6.43. The van der Waals surface area contributed by atoms with Crippen LogP contribution in [0.2, 0.25) is 5.02 Å². The van der Waals surface area contributed by atoms with Gasteiger partial charge in [-0.15, -0.1) is 11.3 Å². The average Bonchev–Trinajstić information content (AvgIpc) is 3.20. The third-order valence-electron chi connectivity index (χ3n) is 4.03. The van der Waals surface area contributed by atoms with Crippen LogP contribution in [0.3, 0.4) is 0 Å². The molecule has 1 unspecified atom stereocenters. The topological polar surface area (TPSA) is 59.8 Å². The molecule has 0 spiro atoms. The maximum atomic E-state index is 12.4. The van der Waals surface area contributed by atoms with Crippen LogP contribution in [-0.2, 0) is 6.54 Å². The Morgan fingerprint density at radius 3 is 2.81 bits per heavy atom. The molecule has 0 radical (unpaired) electrons. The number of rotatable bonds is 6. The summed E-state index contributed by atoms with van der Waals surface area (Å²) in [6, 6.07) is 9.55. The van der Waals surface area contributed by atoms with Crippen molar-refractivity contribution in [1.82, 2.24) is 20.1 Å². The predicted octanol–water partition coefficient (Wildman–Crippen LogP) is 4.34. The lowest BCUT2D eigenvalue weighted by molar-refractivity contribution is 0.0950. The largest absolute Gasteiger partial charge is 0.351 e. The number of benzene rings is 1. The highest BCUT2D eigenvalue weighted by Gasteiger charge is 2.14. The molecule has 1 atom stereocenters. The number of carbonyl (C=O) groups excluding carboxylic acids is 1. The maximum Gasteiger partial charge on any atom is 0.263 e. The van der Waals surface area contributed by atoms with Gasteiger partial charge >= 0.3 is 0 Å². The number of carbonyl (C=O) groups is 1. The molecule has 5 nitrogen and oxygen atoms in total. The van der Waals surface area contributed by atoms with Crippen LogP contribution in [0.5, 0.6) is 0 Å². The standard InChI is InChI=1S/C19H21ClN4OS/c1-12(11-24-14(3)8-13(2)23-24)9-21-18(25)17-10-22-19(26-17)15-6-4-5-7-16(15)20/h4-8,10,12H,9,11H2,1-3H3,(H,21,25). The fourth-order valence-electron chi connectivity index (χ4n) is 2.71. The normalized spacial score (nSPS) is 12.2. The Morgan fingerprint density at radius 2 is 2.12 bits per heavy atom. The van der Waals surface area contributed by atoms with Crippen molar-refractivity contribution in [1.29, 1.82) is 0 Å². The van der Waals surface area contributed by atoms with E-state index in [2.05, 4.69) is 28.4 Å². The molecule has 1 aromatic carbocycles. The van der Waals surface area contributed by atoms with Gasteiger partial charge in [0.25, 0.3) is 5.91 Å². The highest BCUT2D eigenvalue weighted by Crippen LogP contribution is 2.30. The van der Waals surface area contributed by atoms with Crippen molar-refractivity contribution in [2.45, 2.75) is 27.3 Å². The average molecular weight is 389 g/mol. The number of nitrogens with zero attached hydrogens (tertiary/aromatic N) is 3. The SMILES string of the molecule is Cc1cc(C)n(CC(C)CNC(=O)c2cnc(-c3ccccc3Cl)s2)n1. The van der Waals surface area contributed by atoms with Gasteiger partial charge in [-0.25, -0.2) is 4.98 Å². The van der Waals surface area contributed by atoms with Gasteiger partial charge in [-0.3, -0.25) is 9.48 Å². The number of thiazole rings is 1. The summed E-state index contributed by atoms with van der Waals surface area (Å²) in [5.41, 5.74) is 2.99. The van der Waals surface area contributed by atoms with Crippen molar-refractivity contribution in [3.05, 3.63) is 57.8 Å². The van der Waals surface area contributed by atoms with Crippen LogP contribution < -0.4 is 5.32 Å². The van der Waals surface area contributed by atoms with Crippen molar-refractivity contribution >= 4 is 28.8 Å². The van der Waals surface area contributed by atoms with Crippen LogP contribution in [0.15, 0.2) is 36.5 Å². The second kappa shape index (κ2) is 8.01. The summed E-state index contributed by atoms with van der Waals surface area (Å²) in [6.45, 7) is 7.47. The maximum absolute atomic E-state index is 12.4. The van der Waals surface area contributed by atoms with Crippen LogP contribution in [0, 0.1) is 19.8 Å². The fraction of sp³-hybridized carbons (Fsp3) is 0.316. The number of amides is 1. The molecule has 7 heteroatoms. The first-order chi connectivity index (χ1) is 12.4. The molecule has 0 saturated heterocycles.